The quantitative estimate of drug-likeness (QED) is 0.608. The minimum Gasteiger partial charge on any atom is -0.493 e. The molecule has 1 fully saturated rings. The number of benzene rings is 2. The van der Waals surface area contributed by atoms with Crippen LogP contribution in [0.1, 0.15) is 21.6 Å². The molecule has 1 amide bonds. The van der Waals surface area contributed by atoms with Crippen molar-refractivity contribution in [3.8, 4) is 11.4 Å². The number of rotatable bonds is 6. The summed E-state index contributed by atoms with van der Waals surface area (Å²) in [6.45, 7) is 3.34. The van der Waals surface area contributed by atoms with E-state index in [4.69, 9.17) is 9.47 Å². The molecule has 2 aromatic carbocycles. The zero-order valence-electron chi connectivity index (χ0n) is 17.9. The molecule has 0 atom stereocenters. The van der Waals surface area contributed by atoms with E-state index < -0.39 is 17.6 Å². The molecular weight excluding hydrogens is 437 g/mol. The van der Waals surface area contributed by atoms with Crippen LogP contribution >= 0.6 is 0 Å². The van der Waals surface area contributed by atoms with Gasteiger partial charge in [0.15, 0.2) is 11.4 Å². The van der Waals surface area contributed by atoms with Crippen LogP contribution in [0.3, 0.4) is 0 Å². The van der Waals surface area contributed by atoms with Gasteiger partial charge in [0, 0.05) is 25.3 Å². The number of nitrogens with one attached hydrogen (secondary N) is 1. The van der Waals surface area contributed by atoms with Gasteiger partial charge in [0.25, 0.3) is 5.91 Å². The second-order valence-corrected chi connectivity index (χ2v) is 7.49. The molecule has 7 nitrogen and oxygen atoms in total. The third-order valence-electron chi connectivity index (χ3n) is 5.32. The van der Waals surface area contributed by atoms with E-state index in [1.54, 1.807) is 0 Å². The van der Waals surface area contributed by atoms with Gasteiger partial charge in [0.1, 0.15) is 0 Å². The predicted octanol–water partition coefficient (Wildman–Crippen LogP) is 3.67. The Hall–Kier alpha value is -3.53. The Morgan fingerprint density at radius 3 is 2.52 bits per heavy atom. The first-order valence-electron chi connectivity index (χ1n) is 10.4. The zero-order chi connectivity index (χ0) is 23.4. The fraction of sp³-hybridized carbons (Fsp3) is 0.304. The van der Waals surface area contributed by atoms with Crippen LogP contribution < -0.4 is 15.0 Å². The van der Waals surface area contributed by atoms with Crippen LogP contribution in [0.15, 0.2) is 54.7 Å². The predicted molar refractivity (Wildman–Crippen MR) is 116 cm³/mol. The van der Waals surface area contributed by atoms with Crippen molar-refractivity contribution in [3.05, 3.63) is 71.5 Å². The Morgan fingerprint density at radius 1 is 1.12 bits per heavy atom. The van der Waals surface area contributed by atoms with Crippen LogP contribution in [-0.4, -0.2) is 49.1 Å². The van der Waals surface area contributed by atoms with Gasteiger partial charge in [-0.1, -0.05) is 18.2 Å². The number of halogens is 3. The van der Waals surface area contributed by atoms with E-state index in [1.165, 1.54) is 30.1 Å². The highest BCUT2D eigenvalue weighted by molar-refractivity contribution is 5.94. The molecule has 2 heterocycles. The molecule has 174 valence electrons. The molecule has 1 N–H and O–H groups in total. The number of methoxy groups -OCH3 is 1. The third-order valence-corrected chi connectivity index (χ3v) is 5.32. The van der Waals surface area contributed by atoms with Gasteiger partial charge in [-0.05, 0) is 35.9 Å². The fourth-order valence-corrected chi connectivity index (χ4v) is 3.53. The lowest BCUT2D eigenvalue weighted by Gasteiger charge is -2.28. The highest BCUT2D eigenvalue weighted by Crippen LogP contribution is 2.30. The first-order valence-corrected chi connectivity index (χ1v) is 10.4. The number of alkyl halides is 3. The van der Waals surface area contributed by atoms with Gasteiger partial charge in [-0.15, -0.1) is 0 Å². The van der Waals surface area contributed by atoms with Crippen LogP contribution in [0, 0.1) is 0 Å². The summed E-state index contributed by atoms with van der Waals surface area (Å²) in [6, 6.07) is 12.6. The van der Waals surface area contributed by atoms with E-state index in [2.05, 4.69) is 15.3 Å². The minimum atomic E-state index is -4.48. The molecule has 1 saturated heterocycles. The standard InChI is InChI=1S/C23H23F3N4O3/c1-32-20-15-30(19-4-2-3-17(13-19)23(24,25)26)28-21(20)22(31)27-14-16-5-7-18(8-6-16)29-9-11-33-12-10-29/h2-8,13,15H,9-12,14H2,1H3,(H,27,31). The summed E-state index contributed by atoms with van der Waals surface area (Å²) in [5, 5.41) is 6.94. The number of morpholine rings is 1. The number of ether oxygens (including phenoxy) is 2. The largest absolute Gasteiger partial charge is 0.493 e. The maximum absolute atomic E-state index is 13.0. The molecule has 0 unspecified atom stereocenters. The highest BCUT2D eigenvalue weighted by Gasteiger charge is 2.30. The average molecular weight is 460 g/mol. The molecule has 0 spiro atoms. The van der Waals surface area contributed by atoms with Crippen LogP contribution in [0.4, 0.5) is 18.9 Å². The second kappa shape index (κ2) is 9.53. The number of hydrogen-bond donors (Lipinski definition) is 1. The molecule has 1 aromatic heterocycles. The number of aromatic nitrogens is 2. The first kappa shape index (κ1) is 22.7. The summed E-state index contributed by atoms with van der Waals surface area (Å²) >= 11 is 0. The summed E-state index contributed by atoms with van der Waals surface area (Å²) in [4.78, 5) is 14.9. The molecule has 1 aliphatic rings. The van der Waals surface area contributed by atoms with Crippen molar-refractivity contribution in [1.29, 1.82) is 0 Å². The van der Waals surface area contributed by atoms with Crippen molar-refractivity contribution in [3.63, 3.8) is 0 Å². The lowest BCUT2D eigenvalue weighted by Crippen LogP contribution is -2.36. The molecule has 4 rings (SSSR count). The van der Waals surface area contributed by atoms with Crippen molar-refractivity contribution in [1.82, 2.24) is 15.1 Å². The van der Waals surface area contributed by atoms with Crippen molar-refractivity contribution in [2.45, 2.75) is 12.7 Å². The molecule has 0 bridgehead atoms. The van der Waals surface area contributed by atoms with Crippen LogP contribution in [-0.2, 0) is 17.5 Å². The molecule has 0 radical (unpaired) electrons. The van der Waals surface area contributed by atoms with Crippen LogP contribution in [0.5, 0.6) is 5.75 Å². The Morgan fingerprint density at radius 2 is 1.85 bits per heavy atom. The number of carbonyl (C=O) groups is 1. The zero-order valence-corrected chi connectivity index (χ0v) is 17.9. The van der Waals surface area contributed by atoms with E-state index in [9.17, 15) is 18.0 Å². The van der Waals surface area contributed by atoms with Gasteiger partial charge in [0.2, 0.25) is 0 Å². The van der Waals surface area contributed by atoms with E-state index in [0.29, 0.717) is 13.2 Å². The average Bonchev–Trinajstić information content (AvgIpc) is 3.28. The van der Waals surface area contributed by atoms with Crippen molar-refractivity contribution in [2.24, 2.45) is 0 Å². The lowest BCUT2D eigenvalue weighted by molar-refractivity contribution is -0.137. The van der Waals surface area contributed by atoms with Crippen molar-refractivity contribution in [2.75, 3.05) is 38.3 Å². The fourth-order valence-electron chi connectivity index (χ4n) is 3.53. The Bertz CT molecular complexity index is 1110. The first-order chi connectivity index (χ1) is 15.8. The molecule has 0 saturated carbocycles. The van der Waals surface area contributed by atoms with Gasteiger partial charge < -0.3 is 19.7 Å². The molecular formula is C23H23F3N4O3. The molecule has 0 aliphatic carbocycles. The second-order valence-electron chi connectivity index (χ2n) is 7.49. The van der Waals surface area contributed by atoms with Gasteiger partial charge in [-0.25, -0.2) is 4.68 Å². The smallest absolute Gasteiger partial charge is 0.416 e. The van der Waals surface area contributed by atoms with E-state index in [0.717, 1.165) is 36.5 Å². The third kappa shape index (κ3) is 5.28. The lowest BCUT2D eigenvalue weighted by atomic mass is 10.2. The number of amides is 1. The van der Waals surface area contributed by atoms with Crippen LogP contribution in [0.25, 0.3) is 5.69 Å². The van der Waals surface area contributed by atoms with Gasteiger partial charge in [0.05, 0.1) is 37.8 Å². The van der Waals surface area contributed by atoms with E-state index in [-0.39, 0.29) is 23.7 Å². The summed E-state index contributed by atoms with van der Waals surface area (Å²) in [5.74, 6) is -0.331. The summed E-state index contributed by atoms with van der Waals surface area (Å²) in [6.07, 6.45) is -3.10. The molecule has 33 heavy (non-hydrogen) atoms. The summed E-state index contributed by atoms with van der Waals surface area (Å²) < 4.78 is 50.9. The van der Waals surface area contributed by atoms with Gasteiger partial charge in [-0.2, -0.15) is 18.3 Å². The molecule has 10 heteroatoms. The highest BCUT2D eigenvalue weighted by atomic mass is 19.4. The molecule has 3 aromatic rings. The maximum Gasteiger partial charge on any atom is 0.416 e. The van der Waals surface area contributed by atoms with E-state index in [1.807, 2.05) is 24.3 Å². The molecule has 1 aliphatic heterocycles. The Kier molecular flexibility index (Phi) is 6.55. The Labute approximate surface area is 188 Å². The SMILES string of the molecule is COc1cn(-c2cccc(C(F)(F)F)c2)nc1C(=O)NCc1ccc(N2CCOCC2)cc1. The maximum atomic E-state index is 13.0. The number of carbonyl (C=O) groups excluding carboxylic acids is 1. The number of hydrogen-bond acceptors (Lipinski definition) is 5. The monoisotopic (exact) mass is 460 g/mol. The summed E-state index contributed by atoms with van der Waals surface area (Å²) in [7, 11) is 1.37. The number of anilines is 1. The minimum absolute atomic E-state index is 0.0140. The van der Waals surface area contributed by atoms with Crippen LogP contribution in [0.2, 0.25) is 0 Å². The topological polar surface area (TPSA) is 68.6 Å². The summed E-state index contributed by atoms with van der Waals surface area (Å²) in [5.41, 5.74) is 1.34. The van der Waals surface area contributed by atoms with Crippen molar-refractivity contribution < 1.29 is 27.4 Å². The number of nitrogens with zero attached hydrogens (tertiary/aromatic N) is 3. The van der Waals surface area contributed by atoms with E-state index >= 15 is 0 Å². The van der Waals surface area contributed by atoms with Gasteiger partial charge in [-0.3, -0.25) is 4.79 Å². The normalized spacial score (nSPS) is 14.2. The van der Waals surface area contributed by atoms with Gasteiger partial charge >= 0.3 is 6.18 Å². The Balaban J connectivity index is 1.45. The van der Waals surface area contributed by atoms with Crippen molar-refractivity contribution >= 4 is 11.6 Å².